The van der Waals surface area contributed by atoms with Crippen LogP contribution in [0.5, 0.6) is 5.75 Å². The molecular weight excluding hydrogens is 343 g/mol. The number of hydrogen-bond donors (Lipinski definition) is 0. The summed E-state index contributed by atoms with van der Waals surface area (Å²) < 4.78 is 44.6. The second-order valence-corrected chi connectivity index (χ2v) is 5.45. The Morgan fingerprint density at radius 3 is 2.15 bits per heavy atom. The van der Waals surface area contributed by atoms with Gasteiger partial charge in [0, 0.05) is 18.4 Å². The van der Waals surface area contributed by atoms with Gasteiger partial charge in [-0.25, -0.2) is 0 Å². The van der Waals surface area contributed by atoms with E-state index < -0.39 is 17.5 Å². The first kappa shape index (κ1) is 19.6. The molecule has 0 N–H and O–H groups in total. The Morgan fingerprint density at radius 2 is 1.65 bits per heavy atom. The van der Waals surface area contributed by atoms with E-state index in [4.69, 9.17) is 4.74 Å². The minimum atomic E-state index is -4.96. The molecule has 0 unspecified atom stereocenters. The van der Waals surface area contributed by atoms with Crippen LogP contribution < -0.4 is 9.64 Å². The number of para-hydroxylation sites is 1. The highest BCUT2D eigenvalue weighted by Gasteiger charge is 2.41. The predicted octanol–water partition coefficient (Wildman–Crippen LogP) is 5.08. The van der Waals surface area contributed by atoms with Gasteiger partial charge in [-0.1, -0.05) is 30.3 Å². The molecule has 0 saturated heterocycles. The second kappa shape index (κ2) is 8.56. The molecule has 138 valence electrons. The monoisotopic (exact) mass is 363 g/mol. The van der Waals surface area contributed by atoms with Crippen LogP contribution in [0.1, 0.15) is 19.4 Å². The largest absolute Gasteiger partial charge is 0.494 e. The van der Waals surface area contributed by atoms with Crippen molar-refractivity contribution in [3.63, 3.8) is 0 Å². The molecule has 0 spiro atoms. The Morgan fingerprint density at radius 1 is 1.04 bits per heavy atom. The van der Waals surface area contributed by atoms with E-state index in [0.717, 1.165) is 0 Å². The molecule has 26 heavy (non-hydrogen) atoms. The van der Waals surface area contributed by atoms with E-state index in [0.29, 0.717) is 24.6 Å². The molecule has 0 atom stereocenters. The average Bonchev–Trinajstić information content (AvgIpc) is 2.63. The van der Waals surface area contributed by atoms with Crippen molar-refractivity contribution in [2.24, 2.45) is 0 Å². The first-order valence-corrected chi connectivity index (χ1v) is 8.25. The molecule has 0 saturated carbocycles. The molecule has 0 heterocycles. The van der Waals surface area contributed by atoms with Gasteiger partial charge in [-0.3, -0.25) is 4.79 Å². The van der Waals surface area contributed by atoms with Gasteiger partial charge in [0.25, 0.3) is 5.78 Å². The Hall–Kier alpha value is -2.76. The standard InChI is InChI=1S/C20H20F3NO2/c1-3-24(16-8-6-5-7-9-16)14-18(19(25)20(21,22)23)15-10-12-17(13-11-15)26-4-2/h5-14H,3-4H2,1-2H3/b18-14-. The molecule has 2 aromatic carbocycles. The van der Waals surface area contributed by atoms with Crippen LogP contribution in [0, 0.1) is 0 Å². The third-order valence-electron chi connectivity index (χ3n) is 3.69. The summed E-state index contributed by atoms with van der Waals surface area (Å²) in [6.45, 7) is 4.47. The number of allylic oxidation sites excluding steroid dienone is 1. The molecule has 0 aliphatic carbocycles. The van der Waals surface area contributed by atoms with Crippen LogP contribution in [0.15, 0.2) is 60.8 Å². The first-order chi connectivity index (χ1) is 12.4. The number of alkyl halides is 3. The summed E-state index contributed by atoms with van der Waals surface area (Å²) in [6, 6.07) is 14.9. The number of ether oxygens (including phenoxy) is 1. The van der Waals surface area contributed by atoms with Crippen molar-refractivity contribution >= 4 is 17.0 Å². The number of hydrogen-bond acceptors (Lipinski definition) is 3. The van der Waals surface area contributed by atoms with Gasteiger partial charge in [-0.05, 0) is 43.7 Å². The van der Waals surface area contributed by atoms with Crippen LogP contribution in [0.2, 0.25) is 0 Å². The van der Waals surface area contributed by atoms with Gasteiger partial charge in [0.2, 0.25) is 0 Å². The smallest absolute Gasteiger partial charge is 0.454 e. The highest BCUT2D eigenvalue weighted by molar-refractivity contribution is 6.23. The maximum atomic E-state index is 13.1. The molecule has 3 nitrogen and oxygen atoms in total. The van der Waals surface area contributed by atoms with Gasteiger partial charge in [-0.2, -0.15) is 13.2 Å². The van der Waals surface area contributed by atoms with E-state index in [1.54, 1.807) is 48.2 Å². The van der Waals surface area contributed by atoms with E-state index >= 15 is 0 Å². The van der Waals surface area contributed by atoms with Crippen molar-refractivity contribution in [1.82, 2.24) is 0 Å². The Bertz CT molecular complexity index is 753. The summed E-state index contributed by atoms with van der Waals surface area (Å²) in [4.78, 5) is 13.6. The maximum absolute atomic E-state index is 13.1. The van der Waals surface area contributed by atoms with E-state index in [1.807, 2.05) is 13.0 Å². The topological polar surface area (TPSA) is 29.5 Å². The van der Waals surface area contributed by atoms with Crippen molar-refractivity contribution < 1.29 is 22.7 Å². The van der Waals surface area contributed by atoms with Crippen LogP contribution in [0.3, 0.4) is 0 Å². The van der Waals surface area contributed by atoms with Crippen LogP contribution in [0.25, 0.3) is 5.57 Å². The van der Waals surface area contributed by atoms with Crippen molar-refractivity contribution in [2.45, 2.75) is 20.0 Å². The highest BCUT2D eigenvalue weighted by Crippen LogP contribution is 2.29. The molecule has 0 amide bonds. The van der Waals surface area contributed by atoms with Gasteiger partial charge in [0.15, 0.2) is 0 Å². The molecule has 2 rings (SSSR count). The number of benzene rings is 2. The zero-order valence-corrected chi connectivity index (χ0v) is 14.6. The van der Waals surface area contributed by atoms with Crippen LogP contribution in [-0.2, 0) is 4.79 Å². The van der Waals surface area contributed by atoms with E-state index in [-0.39, 0.29) is 5.56 Å². The molecular formula is C20H20F3NO2. The molecule has 0 aliphatic heterocycles. The SMILES string of the molecule is CCOc1ccc(/C(=C/N(CC)c2ccccc2)C(=O)C(F)(F)F)cc1. The average molecular weight is 363 g/mol. The number of nitrogens with zero attached hydrogens (tertiary/aromatic N) is 1. The third kappa shape index (κ3) is 4.88. The van der Waals surface area contributed by atoms with Crippen LogP contribution >= 0.6 is 0 Å². The number of carbonyl (C=O) groups excluding carboxylic acids is 1. The zero-order valence-electron chi connectivity index (χ0n) is 14.6. The Kier molecular flexibility index (Phi) is 6.44. The summed E-state index contributed by atoms with van der Waals surface area (Å²) in [6.07, 6.45) is -3.71. The van der Waals surface area contributed by atoms with Gasteiger partial charge in [-0.15, -0.1) is 0 Å². The lowest BCUT2D eigenvalue weighted by Gasteiger charge is -2.21. The number of carbonyl (C=O) groups is 1. The lowest BCUT2D eigenvalue weighted by molar-refractivity contribution is -0.164. The molecule has 0 radical (unpaired) electrons. The van der Waals surface area contributed by atoms with E-state index in [9.17, 15) is 18.0 Å². The van der Waals surface area contributed by atoms with Gasteiger partial charge in [0.1, 0.15) is 5.75 Å². The molecule has 0 fully saturated rings. The summed E-state index contributed by atoms with van der Waals surface area (Å²) in [7, 11) is 0. The summed E-state index contributed by atoms with van der Waals surface area (Å²) in [5.41, 5.74) is 0.477. The number of halogens is 3. The molecule has 2 aromatic rings. The fourth-order valence-electron chi connectivity index (χ4n) is 2.44. The zero-order chi connectivity index (χ0) is 19.2. The number of ketones is 1. The van der Waals surface area contributed by atoms with Crippen molar-refractivity contribution in [3.05, 3.63) is 66.4 Å². The Balaban J connectivity index is 2.48. The van der Waals surface area contributed by atoms with Crippen LogP contribution in [-0.4, -0.2) is 25.1 Å². The van der Waals surface area contributed by atoms with E-state index in [2.05, 4.69) is 0 Å². The second-order valence-electron chi connectivity index (χ2n) is 5.45. The van der Waals surface area contributed by atoms with Crippen molar-refractivity contribution in [3.8, 4) is 5.75 Å². The fraction of sp³-hybridized carbons (Fsp3) is 0.250. The Labute approximate surface area is 150 Å². The third-order valence-corrected chi connectivity index (χ3v) is 3.69. The quantitative estimate of drug-likeness (QED) is 0.642. The number of Topliss-reactive ketones (excluding diaryl/α,β-unsaturated/α-hetero) is 1. The van der Waals surface area contributed by atoms with Gasteiger partial charge in [0.05, 0.1) is 12.2 Å². The first-order valence-electron chi connectivity index (χ1n) is 8.25. The minimum absolute atomic E-state index is 0.185. The summed E-state index contributed by atoms with van der Waals surface area (Å²) in [5.74, 6) is -1.35. The predicted molar refractivity (Wildman–Crippen MR) is 96.1 cm³/mol. The lowest BCUT2D eigenvalue weighted by atomic mass is 10.0. The normalized spacial score (nSPS) is 12.0. The van der Waals surface area contributed by atoms with Gasteiger partial charge < -0.3 is 9.64 Å². The van der Waals surface area contributed by atoms with Crippen molar-refractivity contribution in [2.75, 3.05) is 18.1 Å². The van der Waals surface area contributed by atoms with Gasteiger partial charge >= 0.3 is 6.18 Å². The highest BCUT2D eigenvalue weighted by atomic mass is 19.4. The van der Waals surface area contributed by atoms with E-state index in [1.165, 1.54) is 18.3 Å². The summed E-state index contributed by atoms with van der Waals surface area (Å²) >= 11 is 0. The summed E-state index contributed by atoms with van der Waals surface area (Å²) in [5, 5.41) is 0. The van der Waals surface area contributed by atoms with Crippen LogP contribution in [0.4, 0.5) is 18.9 Å². The number of anilines is 1. The molecule has 0 bridgehead atoms. The maximum Gasteiger partial charge on any atom is 0.454 e. The minimum Gasteiger partial charge on any atom is -0.494 e. The molecule has 6 heteroatoms. The molecule has 0 aliphatic rings. The lowest BCUT2D eigenvalue weighted by Crippen LogP contribution is -2.26. The molecule has 0 aromatic heterocycles. The van der Waals surface area contributed by atoms with Crippen molar-refractivity contribution in [1.29, 1.82) is 0 Å². The number of rotatable bonds is 7. The fourth-order valence-corrected chi connectivity index (χ4v) is 2.44.